The summed E-state index contributed by atoms with van der Waals surface area (Å²) in [6, 6.07) is 8.09. The van der Waals surface area contributed by atoms with E-state index in [2.05, 4.69) is 16.1 Å². The second-order valence-corrected chi connectivity index (χ2v) is 8.95. The van der Waals surface area contributed by atoms with E-state index in [0.29, 0.717) is 5.56 Å². The maximum atomic E-state index is 12.5. The minimum atomic E-state index is -4.14. The molecule has 4 rings (SSSR count). The maximum Gasteiger partial charge on any atom is 0.334 e. The van der Waals surface area contributed by atoms with Crippen molar-refractivity contribution in [3.05, 3.63) is 57.6 Å². The first kappa shape index (κ1) is 19.3. The third kappa shape index (κ3) is 3.91. The highest BCUT2D eigenvalue weighted by Crippen LogP contribution is 2.38. The van der Waals surface area contributed by atoms with Crippen molar-refractivity contribution >= 4 is 27.6 Å². The first-order chi connectivity index (χ1) is 13.9. The van der Waals surface area contributed by atoms with Gasteiger partial charge in [-0.2, -0.15) is 13.7 Å². The number of carbonyl (C=O) groups excluding carboxylic acids is 1. The molecule has 2 aliphatic rings. The highest BCUT2D eigenvalue weighted by atomic mass is 32.2. The molecule has 0 saturated carbocycles. The SMILES string of the molecule is Cc1ccc(NS(=O)(=O)NC(=O)Nc2c3c(cc4c2CCC4)CCC3)cc1C#N. The third-order valence-electron chi connectivity index (χ3n) is 5.55. The Bertz CT molecular complexity index is 1120. The van der Waals surface area contributed by atoms with Crippen LogP contribution in [-0.2, 0) is 35.9 Å². The van der Waals surface area contributed by atoms with Gasteiger partial charge in [0.15, 0.2) is 0 Å². The molecule has 0 aliphatic heterocycles. The first-order valence-corrected chi connectivity index (χ1v) is 11.1. The van der Waals surface area contributed by atoms with Gasteiger partial charge >= 0.3 is 16.2 Å². The second kappa shape index (κ2) is 7.41. The Morgan fingerprint density at radius 1 is 1.03 bits per heavy atom. The van der Waals surface area contributed by atoms with Gasteiger partial charge < -0.3 is 5.32 Å². The molecular formula is C21H22N4O3S. The summed E-state index contributed by atoms with van der Waals surface area (Å²) < 4.78 is 29.1. The molecule has 7 nitrogen and oxygen atoms in total. The smallest absolute Gasteiger partial charge is 0.307 e. The molecule has 3 N–H and O–H groups in total. The zero-order valence-electron chi connectivity index (χ0n) is 16.1. The van der Waals surface area contributed by atoms with E-state index >= 15 is 0 Å². The number of nitriles is 1. The molecular weight excluding hydrogens is 388 g/mol. The summed E-state index contributed by atoms with van der Waals surface area (Å²) in [5.41, 5.74) is 6.87. The molecule has 29 heavy (non-hydrogen) atoms. The number of amides is 2. The Balaban J connectivity index is 1.51. The lowest BCUT2D eigenvalue weighted by molar-refractivity contribution is 0.256. The predicted molar refractivity (Wildman–Crippen MR) is 111 cm³/mol. The molecule has 2 amide bonds. The van der Waals surface area contributed by atoms with Gasteiger partial charge in [-0.1, -0.05) is 12.1 Å². The fourth-order valence-electron chi connectivity index (χ4n) is 4.21. The lowest BCUT2D eigenvalue weighted by atomic mass is 9.99. The van der Waals surface area contributed by atoms with Gasteiger partial charge in [0, 0.05) is 5.69 Å². The van der Waals surface area contributed by atoms with Crippen molar-refractivity contribution in [1.29, 1.82) is 5.26 Å². The van der Waals surface area contributed by atoms with Crippen LogP contribution in [0.25, 0.3) is 0 Å². The maximum absolute atomic E-state index is 12.5. The van der Waals surface area contributed by atoms with Gasteiger partial charge in [-0.15, -0.1) is 0 Å². The summed E-state index contributed by atoms with van der Waals surface area (Å²) in [5.74, 6) is 0. The zero-order chi connectivity index (χ0) is 20.6. The van der Waals surface area contributed by atoms with E-state index in [1.807, 2.05) is 10.8 Å². The van der Waals surface area contributed by atoms with Gasteiger partial charge in [-0.3, -0.25) is 4.72 Å². The summed E-state index contributed by atoms with van der Waals surface area (Å²) in [6.07, 6.45) is 5.86. The van der Waals surface area contributed by atoms with Crippen LogP contribution >= 0.6 is 0 Å². The summed E-state index contributed by atoms with van der Waals surface area (Å²) in [6.45, 7) is 1.76. The largest absolute Gasteiger partial charge is 0.334 e. The number of urea groups is 1. The fourth-order valence-corrected chi connectivity index (χ4v) is 5.00. The zero-order valence-corrected chi connectivity index (χ0v) is 16.9. The molecule has 0 radical (unpaired) electrons. The Hall–Kier alpha value is -3.05. The van der Waals surface area contributed by atoms with Gasteiger partial charge in [0.1, 0.15) is 0 Å². The van der Waals surface area contributed by atoms with Gasteiger partial charge in [-0.25, -0.2) is 9.52 Å². The van der Waals surface area contributed by atoms with Crippen LogP contribution < -0.4 is 14.8 Å². The fraction of sp³-hybridized carbons (Fsp3) is 0.333. The molecule has 8 heteroatoms. The van der Waals surface area contributed by atoms with Crippen LogP contribution in [0.2, 0.25) is 0 Å². The normalized spacial score (nSPS) is 14.6. The Kier molecular flexibility index (Phi) is 4.92. The van der Waals surface area contributed by atoms with Crippen LogP contribution in [0, 0.1) is 18.3 Å². The van der Waals surface area contributed by atoms with E-state index in [1.54, 1.807) is 19.1 Å². The number of anilines is 2. The van der Waals surface area contributed by atoms with E-state index in [9.17, 15) is 13.2 Å². The number of benzene rings is 2. The number of hydrogen-bond donors (Lipinski definition) is 3. The number of aryl methyl sites for hydroxylation is 3. The molecule has 0 aromatic heterocycles. The lowest BCUT2D eigenvalue weighted by Crippen LogP contribution is -2.38. The molecule has 0 unspecified atom stereocenters. The Labute approximate surface area is 170 Å². The van der Waals surface area contributed by atoms with E-state index in [-0.39, 0.29) is 5.69 Å². The van der Waals surface area contributed by atoms with Crippen LogP contribution in [0.5, 0.6) is 0 Å². The highest BCUT2D eigenvalue weighted by Gasteiger charge is 2.26. The van der Waals surface area contributed by atoms with Gasteiger partial charge in [-0.05, 0) is 85.4 Å². The standard InChI is InChI=1S/C21H22N4O3S/c1-13-8-9-17(11-16(13)12-22)24-29(27,28)25-21(26)23-20-18-6-2-4-14(18)10-15-5-3-7-19(15)20/h8-11,24H,2-7H2,1H3,(H2,23,25,26). The molecule has 0 bridgehead atoms. The molecule has 2 aliphatic carbocycles. The molecule has 0 spiro atoms. The lowest BCUT2D eigenvalue weighted by Gasteiger charge is -2.17. The average molecular weight is 410 g/mol. The third-order valence-corrected chi connectivity index (χ3v) is 6.51. The number of nitrogens with zero attached hydrogens (tertiary/aromatic N) is 1. The van der Waals surface area contributed by atoms with E-state index in [1.165, 1.54) is 17.2 Å². The predicted octanol–water partition coefficient (Wildman–Crippen LogP) is 3.32. The van der Waals surface area contributed by atoms with E-state index < -0.39 is 16.2 Å². The number of fused-ring (bicyclic) bond motifs is 2. The molecule has 0 fully saturated rings. The number of nitrogens with one attached hydrogen (secondary N) is 3. The van der Waals surface area contributed by atoms with Crippen molar-refractivity contribution < 1.29 is 13.2 Å². The Morgan fingerprint density at radius 2 is 1.69 bits per heavy atom. The topological polar surface area (TPSA) is 111 Å². The quantitative estimate of drug-likeness (QED) is 0.718. The summed E-state index contributed by atoms with van der Waals surface area (Å²) in [7, 11) is -4.14. The van der Waals surface area contributed by atoms with Crippen LogP contribution in [0.4, 0.5) is 16.2 Å². The van der Waals surface area contributed by atoms with Crippen LogP contribution in [0.1, 0.15) is 46.2 Å². The van der Waals surface area contributed by atoms with Crippen molar-refractivity contribution in [2.24, 2.45) is 0 Å². The van der Waals surface area contributed by atoms with Crippen molar-refractivity contribution in [3.8, 4) is 6.07 Å². The molecule has 150 valence electrons. The highest BCUT2D eigenvalue weighted by molar-refractivity contribution is 7.91. The average Bonchev–Trinajstić information content (AvgIpc) is 3.31. The monoisotopic (exact) mass is 410 g/mol. The molecule has 0 atom stereocenters. The van der Waals surface area contributed by atoms with Gasteiger partial charge in [0.2, 0.25) is 0 Å². The summed E-state index contributed by atoms with van der Waals surface area (Å²) in [4.78, 5) is 12.5. The molecule has 2 aromatic carbocycles. The molecule has 2 aromatic rings. The van der Waals surface area contributed by atoms with Crippen molar-refractivity contribution in [2.45, 2.75) is 45.4 Å². The molecule has 0 saturated heterocycles. The summed E-state index contributed by atoms with van der Waals surface area (Å²) in [5, 5.41) is 11.9. The first-order valence-electron chi connectivity index (χ1n) is 9.65. The van der Waals surface area contributed by atoms with Gasteiger partial charge in [0.05, 0.1) is 17.3 Å². The van der Waals surface area contributed by atoms with E-state index in [4.69, 9.17) is 5.26 Å². The van der Waals surface area contributed by atoms with Crippen molar-refractivity contribution in [1.82, 2.24) is 4.72 Å². The number of hydrogen-bond acceptors (Lipinski definition) is 4. The number of carbonyl (C=O) groups is 1. The summed E-state index contributed by atoms with van der Waals surface area (Å²) >= 11 is 0. The molecule has 0 heterocycles. The van der Waals surface area contributed by atoms with Crippen molar-refractivity contribution in [2.75, 3.05) is 10.0 Å². The van der Waals surface area contributed by atoms with Crippen LogP contribution in [0.15, 0.2) is 24.3 Å². The minimum absolute atomic E-state index is 0.217. The Morgan fingerprint density at radius 3 is 2.31 bits per heavy atom. The van der Waals surface area contributed by atoms with E-state index in [0.717, 1.165) is 60.9 Å². The van der Waals surface area contributed by atoms with Gasteiger partial charge in [0.25, 0.3) is 0 Å². The van der Waals surface area contributed by atoms with Crippen LogP contribution in [-0.4, -0.2) is 14.4 Å². The van der Waals surface area contributed by atoms with Crippen molar-refractivity contribution in [3.63, 3.8) is 0 Å². The second-order valence-electron chi connectivity index (χ2n) is 7.54. The minimum Gasteiger partial charge on any atom is -0.307 e. The van der Waals surface area contributed by atoms with Crippen LogP contribution in [0.3, 0.4) is 0 Å². The number of rotatable bonds is 4.